The van der Waals surface area contributed by atoms with Crippen LogP contribution in [0.25, 0.3) is 0 Å². The number of nitrogens with zero attached hydrogens (tertiary/aromatic N) is 1. The minimum atomic E-state index is -1.03. The van der Waals surface area contributed by atoms with E-state index in [1.54, 1.807) is 6.07 Å². The molecule has 2 rings (SSSR count). The molecule has 0 aliphatic carbocycles. The Morgan fingerprint density at radius 3 is 2.75 bits per heavy atom. The lowest BCUT2D eigenvalue weighted by molar-refractivity contribution is -0.117. The molecule has 7 heteroatoms. The van der Waals surface area contributed by atoms with Gasteiger partial charge in [0.25, 0.3) is 0 Å². The van der Waals surface area contributed by atoms with E-state index in [4.69, 9.17) is 10.8 Å². The largest absolute Gasteiger partial charge is 0.478 e. The zero-order chi connectivity index (χ0) is 14.7. The Labute approximate surface area is 115 Å². The van der Waals surface area contributed by atoms with Crippen molar-refractivity contribution in [2.24, 2.45) is 5.73 Å². The molecule has 0 radical (unpaired) electrons. The lowest BCUT2D eigenvalue weighted by atomic mass is 10.1. The van der Waals surface area contributed by atoms with Crippen molar-refractivity contribution in [2.75, 3.05) is 18.0 Å². The number of carboxylic acid groups (broad SMARTS) is 1. The molecule has 1 aromatic rings. The van der Waals surface area contributed by atoms with Crippen LogP contribution in [0.2, 0.25) is 0 Å². The van der Waals surface area contributed by atoms with Crippen LogP contribution in [0.4, 0.5) is 10.5 Å². The fraction of sp³-hybridized carbons (Fsp3) is 0.308. The second-order valence-electron chi connectivity index (χ2n) is 4.50. The number of nitrogens with two attached hydrogens (primary N) is 1. The number of carboxylic acids is 1. The summed E-state index contributed by atoms with van der Waals surface area (Å²) in [6, 6.07) is 4.37. The standard InChI is InChI=1S/C13H15N3O4/c14-11(17)3-5-15-13(20)16-6-4-8-1-2-9(12(18)19)7-10(8)16/h1-2,7H,3-6H2,(H2,14,17)(H,15,20)(H,18,19). The number of nitrogens with one attached hydrogen (secondary N) is 1. The quantitative estimate of drug-likeness (QED) is 0.736. The number of amides is 3. The van der Waals surface area contributed by atoms with Crippen LogP contribution in [0.3, 0.4) is 0 Å². The second-order valence-corrected chi connectivity index (χ2v) is 4.50. The molecular weight excluding hydrogens is 262 g/mol. The predicted molar refractivity (Wildman–Crippen MR) is 71.7 cm³/mol. The Bertz CT molecular complexity index is 571. The Morgan fingerprint density at radius 2 is 2.10 bits per heavy atom. The SMILES string of the molecule is NC(=O)CCNC(=O)N1CCc2ccc(C(=O)O)cc21. The first-order chi connectivity index (χ1) is 9.49. The molecule has 0 atom stereocenters. The van der Waals surface area contributed by atoms with E-state index in [0.717, 1.165) is 5.56 Å². The number of urea groups is 1. The van der Waals surface area contributed by atoms with Gasteiger partial charge in [0.05, 0.1) is 5.56 Å². The number of carbonyl (C=O) groups is 3. The Kier molecular flexibility index (Phi) is 3.88. The topological polar surface area (TPSA) is 113 Å². The maximum absolute atomic E-state index is 12.0. The zero-order valence-electron chi connectivity index (χ0n) is 10.8. The third-order valence-corrected chi connectivity index (χ3v) is 3.12. The summed E-state index contributed by atoms with van der Waals surface area (Å²) in [4.78, 5) is 35.0. The monoisotopic (exact) mass is 277 g/mol. The first kappa shape index (κ1) is 13.9. The lowest BCUT2D eigenvalue weighted by Gasteiger charge is -2.18. The molecule has 0 saturated heterocycles. The highest BCUT2D eigenvalue weighted by molar-refractivity contribution is 5.97. The average Bonchev–Trinajstić information content (AvgIpc) is 2.80. The van der Waals surface area contributed by atoms with Crippen LogP contribution in [-0.4, -0.2) is 36.1 Å². The minimum Gasteiger partial charge on any atom is -0.478 e. The number of fused-ring (bicyclic) bond motifs is 1. The molecule has 106 valence electrons. The van der Waals surface area contributed by atoms with Crippen molar-refractivity contribution in [1.82, 2.24) is 5.32 Å². The van der Waals surface area contributed by atoms with Gasteiger partial charge in [-0.25, -0.2) is 9.59 Å². The van der Waals surface area contributed by atoms with Crippen molar-refractivity contribution in [2.45, 2.75) is 12.8 Å². The highest BCUT2D eigenvalue weighted by Crippen LogP contribution is 2.29. The molecule has 1 aliphatic rings. The van der Waals surface area contributed by atoms with E-state index in [2.05, 4.69) is 5.32 Å². The summed E-state index contributed by atoms with van der Waals surface area (Å²) in [6.07, 6.45) is 0.750. The van der Waals surface area contributed by atoms with E-state index in [1.165, 1.54) is 17.0 Å². The molecule has 0 spiro atoms. The summed E-state index contributed by atoms with van der Waals surface area (Å²) in [6.45, 7) is 0.652. The summed E-state index contributed by atoms with van der Waals surface area (Å²) in [5, 5.41) is 11.6. The van der Waals surface area contributed by atoms with Gasteiger partial charge in [-0.1, -0.05) is 6.07 Å². The van der Waals surface area contributed by atoms with Crippen LogP contribution in [0.15, 0.2) is 18.2 Å². The van der Waals surface area contributed by atoms with Crippen molar-refractivity contribution in [3.05, 3.63) is 29.3 Å². The fourth-order valence-corrected chi connectivity index (χ4v) is 2.11. The van der Waals surface area contributed by atoms with Crippen LogP contribution in [0.5, 0.6) is 0 Å². The van der Waals surface area contributed by atoms with Crippen LogP contribution in [0, 0.1) is 0 Å². The van der Waals surface area contributed by atoms with Crippen molar-refractivity contribution >= 4 is 23.6 Å². The molecule has 0 bridgehead atoms. The molecule has 4 N–H and O–H groups in total. The minimum absolute atomic E-state index is 0.0710. The Hall–Kier alpha value is -2.57. The van der Waals surface area contributed by atoms with Crippen molar-refractivity contribution in [3.63, 3.8) is 0 Å². The zero-order valence-corrected chi connectivity index (χ0v) is 10.8. The summed E-state index contributed by atoms with van der Waals surface area (Å²) in [7, 11) is 0. The first-order valence-electron chi connectivity index (χ1n) is 6.19. The van der Waals surface area contributed by atoms with Gasteiger partial charge in [-0.05, 0) is 24.1 Å². The van der Waals surface area contributed by atoms with E-state index in [9.17, 15) is 14.4 Å². The molecule has 20 heavy (non-hydrogen) atoms. The summed E-state index contributed by atoms with van der Waals surface area (Å²) >= 11 is 0. The van der Waals surface area contributed by atoms with E-state index in [0.29, 0.717) is 18.7 Å². The van der Waals surface area contributed by atoms with Gasteiger partial charge in [-0.2, -0.15) is 0 Å². The van der Waals surface area contributed by atoms with E-state index < -0.39 is 11.9 Å². The van der Waals surface area contributed by atoms with E-state index >= 15 is 0 Å². The maximum atomic E-state index is 12.0. The van der Waals surface area contributed by atoms with Crippen molar-refractivity contribution < 1.29 is 19.5 Å². The van der Waals surface area contributed by atoms with Gasteiger partial charge in [0.15, 0.2) is 0 Å². The van der Waals surface area contributed by atoms with E-state index in [-0.39, 0.29) is 24.6 Å². The Morgan fingerprint density at radius 1 is 1.35 bits per heavy atom. The smallest absolute Gasteiger partial charge is 0.335 e. The average molecular weight is 277 g/mol. The van der Waals surface area contributed by atoms with Gasteiger partial charge in [0.2, 0.25) is 5.91 Å². The van der Waals surface area contributed by atoms with Crippen molar-refractivity contribution in [3.8, 4) is 0 Å². The maximum Gasteiger partial charge on any atom is 0.335 e. The highest BCUT2D eigenvalue weighted by Gasteiger charge is 2.25. The molecule has 1 aromatic carbocycles. The molecule has 0 saturated carbocycles. The molecule has 1 heterocycles. The first-order valence-corrected chi connectivity index (χ1v) is 6.19. The van der Waals surface area contributed by atoms with Gasteiger partial charge in [0, 0.05) is 25.2 Å². The van der Waals surface area contributed by atoms with Crippen LogP contribution in [-0.2, 0) is 11.2 Å². The van der Waals surface area contributed by atoms with Crippen LogP contribution < -0.4 is 16.0 Å². The number of anilines is 1. The van der Waals surface area contributed by atoms with Gasteiger partial charge in [-0.15, -0.1) is 0 Å². The van der Waals surface area contributed by atoms with Gasteiger partial charge >= 0.3 is 12.0 Å². The molecular formula is C13H15N3O4. The number of hydrogen-bond acceptors (Lipinski definition) is 3. The third-order valence-electron chi connectivity index (χ3n) is 3.12. The number of aromatic carboxylic acids is 1. The van der Waals surface area contributed by atoms with Crippen LogP contribution in [0.1, 0.15) is 22.3 Å². The van der Waals surface area contributed by atoms with Gasteiger partial charge in [0.1, 0.15) is 0 Å². The molecule has 0 unspecified atom stereocenters. The fourth-order valence-electron chi connectivity index (χ4n) is 2.11. The van der Waals surface area contributed by atoms with Gasteiger partial charge < -0.3 is 16.2 Å². The number of benzene rings is 1. The third kappa shape index (κ3) is 2.87. The predicted octanol–water partition coefficient (Wildman–Crippen LogP) is 0.332. The number of primary amides is 1. The van der Waals surface area contributed by atoms with E-state index in [1.807, 2.05) is 0 Å². The number of rotatable bonds is 4. The molecule has 1 aliphatic heterocycles. The molecule has 0 aromatic heterocycles. The molecule has 7 nitrogen and oxygen atoms in total. The lowest BCUT2D eigenvalue weighted by Crippen LogP contribution is -2.40. The molecule has 0 fully saturated rings. The van der Waals surface area contributed by atoms with Gasteiger partial charge in [-0.3, -0.25) is 9.69 Å². The second kappa shape index (κ2) is 5.60. The molecule has 3 amide bonds. The summed E-state index contributed by atoms with van der Waals surface area (Å²) < 4.78 is 0. The summed E-state index contributed by atoms with van der Waals surface area (Å²) in [5.41, 5.74) is 6.66. The summed E-state index contributed by atoms with van der Waals surface area (Å²) in [5.74, 6) is -1.52. The Balaban J connectivity index is 2.10. The number of carbonyl (C=O) groups excluding carboxylic acids is 2. The van der Waals surface area contributed by atoms with Crippen molar-refractivity contribution in [1.29, 1.82) is 0 Å². The van der Waals surface area contributed by atoms with Crippen LogP contribution >= 0.6 is 0 Å². The number of hydrogen-bond donors (Lipinski definition) is 3. The normalized spacial score (nSPS) is 12.9. The highest BCUT2D eigenvalue weighted by atomic mass is 16.4.